The Balaban J connectivity index is 2.22. The van der Waals surface area contributed by atoms with Crippen molar-refractivity contribution < 1.29 is 13.2 Å². The minimum absolute atomic E-state index is 0.173. The monoisotopic (exact) mass is 293 g/mol. The van der Waals surface area contributed by atoms with Gasteiger partial charge in [-0.25, -0.2) is 0 Å². The van der Waals surface area contributed by atoms with Gasteiger partial charge in [-0.05, 0) is 19.1 Å². The second-order valence-corrected chi connectivity index (χ2v) is 4.48. The first-order valence-corrected chi connectivity index (χ1v) is 6.49. The molecule has 1 heterocycles. The minimum Gasteiger partial charge on any atom is -0.169 e. The molecule has 110 valence electrons. The Labute approximate surface area is 120 Å². The van der Waals surface area contributed by atoms with Crippen LogP contribution >= 0.6 is 0 Å². The Morgan fingerprint density at radius 3 is 2.48 bits per heavy atom. The fourth-order valence-corrected chi connectivity index (χ4v) is 1.73. The molecular weight excluding hydrogens is 279 g/mol. The van der Waals surface area contributed by atoms with Crippen LogP contribution in [0.5, 0.6) is 0 Å². The Bertz CT molecular complexity index is 660. The van der Waals surface area contributed by atoms with Crippen molar-refractivity contribution in [1.82, 2.24) is 15.0 Å². The second kappa shape index (κ2) is 6.00. The molecule has 0 saturated heterocycles. The number of halogens is 3. The third-order valence-corrected chi connectivity index (χ3v) is 2.85. The number of hydrogen-bond donors (Lipinski definition) is 0. The summed E-state index contributed by atoms with van der Waals surface area (Å²) < 4.78 is 37.5. The quantitative estimate of drug-likeness (QED) is 0.785. The topological polar surface area (TPSA) is 30.7 Å². The van der Waals surface area contributed by atoms with Crippen molar-refractivity contribution >= 4 is 0 Å². The van der Waals surface area contributed by atoms with E-state index in [-0.39, 0.29) is 6.04 Å². The van der Waals surface area contributed by atoms with Gasteiger partial charge in [0.15, 0.2) is 0 Å². The zero-order valence-corrected chi connectivity index (χ0v) is 11.6. The van der Waals surface area contributed by atoms with Crippen LogP contribution in [-0.4, -0.2) is 15.0 Å². The van der Waals surface area contributed by atoms with Gasteiger partial charge >= 0.3 is 6.18 Å². The SMILES string of the molecule is CCC#CC(C)n1ncc(-c2ccc(C(F)(F)F)cc2)n1. The lowest BCUT2D eigenvalue weighted by atomic mass is 10.1. The molecule has 2 rings (SSSR count). The Kier molecular flexibility index (Phi) is 4.32. The summed E-state index contributed by atoms with van der Waals surface area (Å²) in [5, 5.41) is 8.34. The molecule has 6 heteroatoms. The molecule has 0 bridgehead atoms. The second-order valence-electron chi connectivity index (χ2n) is 4.48. The lowest BCUT2D eigenvalue weighted by Gasteiger charge is -2.06. The maximum absolute atomic E-state index is 12.5. The van der Waals surface area contributed by atoms with Crippen molar-refractivity contribution in [3.8, 4) is 23.1 Å². The van der Waals surface area contributed by atoms with Crippen LogP contribution in [0, 0.1) is 11.8 Å². The molecule has 0 aliphatic carbocycles. The van der Waals surface area contributed by atoms with Crippen LogP contribution in [0.3, 0.4) is 0 Å². The highest BCUT2D eigenvalue weighted by atomic mass is 19.4. The first-order chi connectivity index (χ1) is 9.91. The summed E-state index contributed by atoms with van der Waals surface area (Å²) in [5.41, 5.74) is 0.430. The van der Waals surface area contributed by atoms with Gasteiger partial charge in [0.05, 0.1) is 11.8 Å². The molecule has 0 fully saturated rings. The third-order valence-electron chi connectivity index (χ3n) is 2.85. The van der Waals surface area contributed by atoms with Crippen LogP contribution in [0.4, 0.5) is 13.2 Å². The van der Waals surface area contributed by atoms with E-state index >= 15 is 0 Å². The van der Waals surface area contributed by atoms with Crippen molar-refractivity contribution in [2.75, 3.05) is 0 Å². The molecule has 21 heavy (non-hydrogen) atoms. The van der Waals surface area contributed by atoms with Gasteiger partial charge < -0.3 is 0 Å². The van der Waals surface area contributed by atoms with Crippen LogP contribution in [0.1, 0.15) is 31.9 Å². The van der Waals surface area contributed by atoms with Crippen LogP contribution in [0.25, 0.3) is 11.3 Å². The van der Waals surface area contributed by atoms with Gasteiger partial charge in [0.2, 0.25) is 0 Å². The normalized spacial score (nSPS) is 12.6. The summed E-state index contributed by atoms with van der Waals surface area (Å²) in [6.45, 7) is 3.81. The maximum Gasteiger partial charge on any atom is 0.416 e. The molecule has 2 aromatic rings. The van der Waals surface area contributed by atoms with Gasteiger partial charge in [-0.3, -0.25) is 0 Å². The zero-order valence-electron chi connectivity index (χ0n) is 11.6. The fraction of sp³-hybridized carbons (Fsp3) is 0.333. The lowest BCUT2D eigenvalue weighted by molar-refractivity contribution is -0.137. The summed E-state index contributed by atoms with van der Waals surface area (Å²) in [4.78, 5) is 1.45. The van der Waals surface area contributed by atoms with Crippen LogP contribution < -0.4 is 0 Å². The highest BCUT2D eigenvalue weighted by Crippen LogP contribution is 2.30. The van der Waals surface area contributed by atoms with Crippen molar-refractivity contribution in [2.45, 2.75) is 32.5 Å². The average Bonchev–Trinajstić information content (AvgIpc) is 2.94. The summed E-state index contributed by atoms with van der Waals surface area (Å²) in [7, 11) is 0. The molecule has 1 unspecified atom stereocenters. The molecule has 1 atom stereocenters. The molecule has 0 amide bonds. The summed E-state index contributed by atoms with van der Waals surface area (Å²) in [5.74, 6) is 5.93. The number of aromatic nitrogens is 3. The van der Waals surface area contributed by atoms with Crippen LogP contribution in [0.2, 0.25) is 0 Å². The first-order valence-electron chi connectivity index (χ1n) is 6.49. The smallest absolute Gasteiger partial charge is 0.169 e. The van der Waals surface area contributed by atoms with Gasteiger partial charge in [-0.1, -0.05) is 25.0 Å². The molecule has 0 radical (unpaired) electrons. The van der Waals surface area contributed by atoms with E-state index < -0.39 is 11.7 Å². The molecule has 3 nitrogen and oxygen atoms in total. The summed E-state index contributed by atoms with van der Waals surface area (Å²) in [6.07, 6.45) is -2.06. The number of rotatable bonds is 2. The molecule has 0 N–H and O–H groups in total. The van der Waals surface area contributed by atoms with E-state index in [0.29, 0.717) is 11.3 Å². The minimum atomic E-state index is -4.33. The highest BCUT2D eigenvalue weighted by molar-refractivity contribution is 5.58. The van der Waals surface area contributed by atoms with E-state index in [4.69, 9.17) is 0 Å². The van der Waals surface area contributed by atoms with Crippen LogP contribution in [-0.2, 0) is 6.18 Å². The van der Waals surface area contributed by atoms with E-state index in [2.05, 4.69) is 22.0 Å². The molecule has 1 aromatic heterocycles. The Morgan fingerprint density at radius 2 is 1.90 bits per heavy atom. The van der Waals surface area contributed by atoms with Gasteiger partial charge in [-0.15, -0.1) is 5.92 Å². The summed E-state index contributed by atoms with van der Waals surface area (Å²) in [6, 6.07) is 4.68. The summed E-state index contributed by atoms with van der Waals surface area (Å²) >= 11 is 0. The van der Waals surface area contributed by atoms with Crippen molar-refractivity contribution in [2.24, 2.45) is 0 Å². The average molecular weight is 293 g/mol. The maximum atomic E-state index is 12.5. The Hall–Kier alpha value is -2.29. The van der Waals surface area contributed by atoms with E-state index in [0.717, 1.165) is 18.6 Å². The van der Waals surface area contributed by atoms with Gasteiger partial charge in [-0.2, -0.15) is 28.2 Å². The zero-order chi connectivity index (χ0) is 15.5. The number of alkyl halides is 3. The predicted octanol–water partition coefficient (Wildman–Crippen LogP) is 3.94. The first kappa shape index (κ1) is 15.1. The molecular formula is C15H14F3N3. The van der Waals surface area contributed by atoms with Gasteiger partial charge in [0.25, 0.3) is 0 Å². The van der Waals surface area contributed by atoms with Crippen LogP contribution in [0.15, 0.2) is 30.5 Å². The van der Waals surface area contributed by atoms with E-state index in [9.17, 15) is 13.2 Å². The van der Waals surface area contributed by atoms with Crippen molar-refractivity contribution in [3.05, 3.63) is 36.0 Å². The molecule has 0 aliphatic heterocycles. The predicted molar refractivity (Wildman–Crippen MR) is 73.2 cm³/mol. The van der Waals surface area contributed by atoms with E-state index in [1.807, 2.05) is 13.8 Å². The molecule has 1 aromatic carbocycles. The third kappa shape index (κ3) is 3.63. The number of nitrogens with zero attached hydrogens (tertiary/aromatic N) is 3. The lowest BCUT2D eigenvalue weighted by Crippen LogP contribution is -2.06. The Morgan fingerprint density at radius 1 is 1.24 bits per heavy atom. The van der Waals surface area contributed by atoms with Gasteiger partial charge in [0.1, 0.15) is 11.7 Å². The largest absolute Gasteiger partial charge is 0.416 e. The number of benzene rings is 1. The number of hydrogen-bond acceptors (Lipinski definition) is 2. The van der Waals surface area contributed by atoms with Gasteiger partial charge in [0, 0.05) is 12.0 Å². The van der Waals surface area contributed by atoms with Crippen molar-refractivity contribution in [1.29, 1.82) is 0 Å². The highest BCUT2D eigenvalue weighted by Gasteiger charge is 2.30. The molecule has 0 saturated carbocycles. The fourth-order valence-electron chi connectivity index (χ4n) is 1.73. The molecule has 0 spiro atoms. The standard InChI is InChI=1S/C15H14F3N3/c1-3-4-5-11(2)21-19-10-14(20-21)12-6-8-13(9-7-12)15(16,17)18/h6-11H,3H2,1-2H3. The van der Waals surface area contributed by atoms with E-state index in [1.54, 1.807) is 0 Å². The molecule has 0 aliphatic rings. The van der Waals surface area contributed by atoms with E-state index in [1.165, 1.54) is 23.1 Å². The van der Waals surface area contributed by atoms with Crippen molar-refractivity contribution in [3.63, 3.8) is 0 Å².